The second kappa shape index (κ2) is 7.03. The third-order valence-corrected chi connectivity index (χ3v) is 4.35. The van der Waals surface area contributed by atoms with Gasteiger partial charge in [0.1, 0.15) is 21.8 Å². The first-order chi connectivity index (χ1) is 11.0. The van der Waals surface area contributed by atoms with Crippen LogP contribution in [-0.4, -0.2) is 19.0 Å². The van der Waals surface area contributed by atoms with Gasteiger partial charge in [0.15, 0.2) is 0 Å². The van der Waals surface area contributed by atoms with Crippen LogP contribution in [0.1, 0.15) is 26.4 Å². The molecule has 0 aliphatic rings. The average Bonchev–Trinajstić information content (AvgIpc) is 2.84. The van der Waals surface area contributed by atoms with Gasteiger partial charge in [-0.3, -0.25) is 4.79 Å². The standard InChI is InChI=1S/C16H13FN2O3S/c1-9-12(8-18)15(23-14(9)16(21)22-2)19-13(20)7-10-3-5-11(17)6-4-10/h3-6H,7H2,1-2H3,(H,19,20). The number of ether oxygens (including phenoxy) is 1. The Morgan fingerprint density at radius 3 is 2.57 bits per heavy atom. The first-order valence-corrected chi connectivity index (χ1v) is 7.44. The van der Waals surface area contributed by atoms with Crippen LogP contribution < -0.4 is 5.32 Å². The lowest BCUT2D eigenvalue weighted by Crippen LogP contribution is -2.14. The molecule has 2 rings (SSSR count). The van der Waals surface area contributed by atoms with Crippen LogP contribution in [0.5, 0.6) is 0 Å². The first kappa shape index (κ1) is 16.6. The van der Waals surface area contributed by atoms with Gasteiger partial charge in [-0.2, -0.15) is 5.26 Å². The molecule has 0 aliphatic heterocycles. The number of thiophene rings is 1. The second-order valence-corrected chi connectivity index (χ2v) is 5.74. The molecule has 0 spiro atoms. The maximum absolute atomic E-state index is 12.8. The summed E-state index contributed by atoms with van der Waals surface area (Å²) in [6.07, 6.45) is 0.0374. The molecule has 5 nitrogen and oxygen atoms in total. The van der Waals surface area contributed by atoms with Crippen LogP contribution in [-0.2, 0) is 16.0 Å². The van der Waals surface area contributed by atoms with E-state index in [4.69, 9.17) is 0 Å². The van der Waals surface area contributed by atoms with Crippen molar-refractivity contribution in [3.8, 4) is 6.07 Å². The Labute approximate surface area is 136 Å². The van der Waals surface area contributed by atoms with E-state index in [2.05, 4.69) is 10.1 Å². The molecule has 0 fully saturated rings. The van der Waals surface area contributed by atoms with E-state index in [1.165, 1.54) is 31.4 Å². The van der Waals surface area contributed by atoms with Gasteiger partial charge in [-0.05, 0) is 30.2 Å². The predicted molar refractivity (Wildman–Crippen MR) is 83.8 cm³/mol. The summed E-state index contributed by atoms with van der Waals surface area (Å²) in [5.74, 6) is -1.29. The van der Waals surface area contributed by atoms with Crippen molar-refractivity contribution >= 4 is 28.2 Å². The lowest BCUT2D eigenvalue weighted by Gasteiger charge is -2.03. The summed E-state index contributed by atoms with van der Waals surface area (Å²) in [6.45, 7) is 1.62. The number of hydrogen-bond acceptors (Lipinski definition) is 5. The molecule has 0 atom stereocenters. The minimum atomic E-state index is -0.553. The molecular formula is C16H13FN2O3S. The van der Waals surface area contributed by atoms with Gasteiger partial charge >= 0.3 is 5.97 Å². The molecular weight excluding hydrogens is 319 g/mol. The number of nitrogens with zero attached hydrogens (tertiary/aromatic N) is 1. The van der Waals surface area contributed by atoms with Gasteiger partial charge in [0.25, 0.3) is 0 Å². The first-order valence-electron chi connectivity index (χ1n) is 6.62. The van der Waals surface area contributed by atoms with Gasteiger partial charge in [0.05, 0.1) is 19.1 Å². The Morgan fingerprint density at radius 2 is 2.00 bits per heavy atom. The molecule has 0 radical (unpaired) electrons. The summed E-state index contributed by atoms with van der Waals surface area (Å²) in [5, 5.41) is 12.1. The zero-order valence-corrected chi connectivity index (χ0v) is 13.3. The fourth-order valence-electron chi connectivity index (χ4n) is 1.98. The molecule has 0 unspecified atom stereocenters. The lowest BCUT2D eigenvalue weighted by molar-refractivity contribution is -0.115. The summed E-state index contributed by atoms with van der Waals surface area (Å²) in [7, 11) is 1.25. The molecule has 1 amide bonds. The number of nitrogens with one attached hydrogen (secondary N) is 1. The Hall–Kier alpha value is -2.72. The normalized spacial score (nSPS) is 10.0. The molecule has 7 heteroatoms. The van der Waals surface area contributed by atoms with E-state index in [1.807, 2.05) is 6.07 Å². The van der Waals surface area contributed by atoms with Crippen LogP contribution >= 0.6 is 11.3 Å². The van der Waals surface area contributed by atoms with Gasteiger partial charge in [0.2, 0.25) is 5.91 Å². The van der Waals surface area contributed by atoms with Crippen molar-refractivity contribution in [3.05, 3.63) is 51.7 Å². The molecule has 1 heterocycles. The van der Waals surface area contributed by atoms with E-state index >= 15 is 0 Å². The lowest BCUT2D eigenvalue weighted by atomic mass is 10.1. The number of carbonyl (C=O) groups is 2. The number of rotatable bonds is 4. The van der Waals surface area contributed by atoms with E-state index in [0.29, 0.717) is 16.1 Å². The molecule has 0 saturated heterocycles. The minimum absolute atomic E-state index is 0.0374. The highest BCUT2D eigenvalue weighted by molar-refractivity contribution is 7.18. The van der Waals surface area contributed by atoms with E-state index in [1.54, 1.807) is 6.92 Å². The van der Waals surface area contributed by atoms with Gasteiger partial charge in [-0.15, -0.1) is 11.3 Å². The highest BCUT2D eigenvalue weighted by Gasteiger charge is 2.21. The van der Waals surface area contributed by atoms with Crippen LogP contribution in [0.15, 0.2) is 24.3 Å². The topological polar surface area (TPSA) is 79.2 Å². The average molecular weight is 332 g/mol. The van der Waals surface area contributed by atoms with Gasteiger partial charge in [-0.25, -0.2) is 9.18 Å². The third kappa shape index (κ3) is 3.73. The van der Waals surface area contributed by atoms with E-state index in [0.717, 1.165) is 11.3 Å². The summed E-state index contributed by atoms with van der Waals surface area (Å²) in [4.78, 5) is 24.0. The quantitative estimate of drug-likeness (QED) is 0.873. The number of esters is 1. The monoisotopic (exact) mass is 332 g/mol. The predicted octanol–water partition coefficient (Wildman–Crippen LogP) is 3.04. The molecule has 0 saturated carbocycles. The zero-order valence-electron chi connectivity index (χ0n) is 12.5. The minimum Gasteiger partial charge on any atom is -0.465 e. The number of methoxy groups -OCH3 is 1. The van der Waals surface area contributed by atoms with Crippen molar-refractivity contribution in [1.29, 1.82) is 5.26 Å². The number of benzene rings is 1. The second-order valence-electron chi connectivity index (χ2n) is 4.72. The van der Waals surface area contributed by atoms with Crippen molar-refractivity contribution in [2.75, 3.05) is 12.4 Å². The summed E-state index contributed by atoms with van der Waals surface area (Å²) >= 11 is 0.996. The molecule has 0 bridgehead atoms. The number of amides is 1. The highest BCUT2D eigenvalue weighted by atomic mass is 32.1. The molecule has 0 aliphatic carbocycles. The maximum atomic E-state index is 12.8. The summed E-state index contributed by atoms with van der Waals surface area (Å²) in [5.41, 5.74) is 1.35. The van der Waals surface area contributed by atoms with E-state index in [-0.39, 0.29) is 28.6 Å². The molecule has 118 valence electrons. The fourth-order valence-corrected chi connectivity index (χ4v) is 3.07. The number of carbonyl (C=O) groups excluding carboxylic acids is 2. The Morgan fingerprint density at radius 1 is 1.35 bits per heavy atom. The summed E-state index contributed by atoms with van der Waals surface area (Å²) < 4.78 is 17.5. The van der Waals surface area contributed by atoms with E-state index < -0.39 is 5.97 Å². The molecule has 1 aromatic carbocycles. The molecule has 1 N–H and O–H groups in total. The highest BCUT2D eigenvalue weighted by Crippen LogP contribution is 2.33. The smallest absolute Gasteiger partial charge is 0.348 e. The van der Waals surface area contributed by atoms with Crippen molar-refractivity contribution in [2.24, 2.45) is 0 Å². The van der Waals surface area contributed by atoms with Crippen LogP contribution in [0, 0.1) is 24.1 Å². The molecule has 2 aromatic rings. The zero-order chi connectivity index (χ0) is 17.0. The van der Waals surface area contributed by atoms with Crippen LogP contribution in [0.3, 0.4) is 0 Å². The van der Waals surface area contributed by atoms with Crippen LogP contribution in [0.25, 0.3) is 0 Å². The van der Waals surface area contributed by atoms with Crippen molar-refractivity contribution < 1.29 is 18.7 Å². The van der Waals surface area contributed by atoms with Crippen molar-refractivity contribution in [2.45, 2.75) is 13.3 Å². The number of anilines is 1. The largest absolute Gasteiger partial charge is 0.465 e. The Bertz CT molecular complexity index is 791. The van der Waals surface area contributed by atoms with Crippen LogP contribution in [0.4, 0.5) is 9.39 Å². The Balaban J connectivity index is 2.19. The summed E-state index contributed by atoms with van der Waals surface area (Å²) in [6, 6.07) is 7.55. The maximum Gasteiger partial charge on any atom is 0.348 e. The third-order valence-electron chi connectivity index (χ3n) is 3.16. The Kier molecular flexibility index (Phi) is 5.09. The van der Waals surface area contributed by atoms with Gasteiger partial charge in [-0.1, -0.05) is 12.1 Å². The van der Waals surface area contributed by atoms with Gasteiger partial charge in [0, 0.05) is 0 Å². The van der Waals surface area contributed by atoms with Crippen LogP contribution in [0.2, 0.25) is 0 Å². The number of halogens is 1. The SMILES string of the molecule is COC(=O)c1sc(NC(=O)Cc2ccc(F)cc2)c(C#N)c1C. The number of hydrogen-bond donors (Lipinski definition) is 1. The molecule has 23 heavy (non-hydrogen) atoms. The molecule has 1 aromatic heterocycles. The number of nitriles is 1. The van der Waals surface area contributed by atoms with Crippen molar-refractivity contribution in [1.82, 2.24) is 0 Å². The van der Waals surface area contributed by atoms with Crippen molar-refractivity contribution in [3.63, 3.8) is 0 Å². The van der Waals surface area contributed by atoms with E-state index in [9.17, 15) is 19.2 Å². The van der Waals surface area contributed by atoms with Gasteiger partial charge < -0.3 is 10.1 Å². The fraction of sp³-hybridized carbons (Fsp3) is 0.188.